The standard InChI is InChI=1S/C16H11F4N5/c17-10-5-7-11(8-6-10)22-14-9-21-25-15(24-14)23-13-4-2-1-3-12(13)16(18,19)20/h1-9H,(H2,22,23,24,25). The molecular formula is C16H11F4N5. The third-order valence-electron chi connectivity index (χ3n) is 3.15. The number of hydrogen-bond donors (Lipinski definition) is 2. The molecule has 3 rings (SSSR count). The molecule has 0 saturated carbocycles. The summed E-state index contributed by atoms with van der Waals surface area (Å²) in [5.74, 6) is -0.255. The van der Waals surface area contributed by atoms with Gasteiger partial charge >= 0.3 is 6.18 Å². The topological polar surface area (TPSA) is 62.7 Å². The Morgan fingerprint density at radius 3 is 2.32 bits per heavy atom. The van der Waals surface area contributed by atoms with Crippen LogP contribution in [0.5, 0.6) is 0 Å². The first kappa shape index (κ1) is 16.6. The molecule has 128 valence electrons. The van der Waals surface area contributed by atoms with Crippen molar-refractivity contribution < 1.29 is 17.6 Å². The molecule has 2 aromatic carbocycles. The smallest absolute Gasteiger partial charge is 0.339 e. The van der Waals surface area contributed by atoms with E-state index in [0.717, 1.165) is 6.07 Å². The third kappa shape index (κ3) is 4.19. The summed E-state index contributed by atoms with van der Waals surface area (Å²) in [6.07, 6.45) is -3.22. The Balaban J connectivity index is 1.82. The Kier molecular flexibility index (Phi) is 4.46. The zero-order valence-electron chi connectivity index (χ0n) is 12.5. The number of hydrogen-bond acceptors (Lipinski definition) is 5. The average Bonchev–Trinajstić information content (AvgIpc) is 2.57. The molecule has 3 aromatic rings. The molecule has 0 atom stereocenters. The fraction of sp³-hybridized carbons (Fsp3) is 0.0625. The first-order chi connectivity index (χ1) is 11.9. The lowest BCUT2D eigenvalue weighted by molar-refractivity contribution is -0.136. The van der Waals surface area contributed by atoms with Gasteiger partial charge in [-0.05, 0) is 36.4 Å². The summed E-state index contributed by atoms with van der Waals surface area (Å²) in [7, 11) is 0. The molecule has 0 aliphatic rings. The summed E-state index contributed by atoms with van der Waals surface area (Å²) in [6.45, 7) is 0. The Labute approximate surface area is 139 Å². The van der Waals surface area contributed by atoms with E-state index in [1.54, 1.807) is 0 Å². The fourth-order valence-electron chi connectivity index (χ4n) is 2.06. The van der Waals surface area contributed by atoms with Crippen LogP contribution in [0.3, 0.4) is 0 Å². The lowest BCUT2D eigenvalue weighted by Crippen LogP contribution is -2.10. The lowest BCUT2D eigenvalue weighted by Gasteiger charge is -2.13. The monoisotopic (exact) mass is 349 g/mol. The van der Waals surface area contributed by atoms with Gasteiger partial charge < -0.3 is 10.6 Å². The number of benzene rings is 2. The molecule has 0 aliphatic heterocycles. The highest BCUT2D eigenvalue weighted by molar-refractivity contribution is 5.61. The van der Waals surface area contributed by atoms with Crippen molar-refractivity contribution >= 4 is 23.1 Å². The van der Waals surface area contributed by atoms with Crippen LogP contribution in [0.25, 0.3) is 0 Å². The molecule has 0 aliphatic carbocycles. The molecule has 0 amide bonds. The van der Waals surface area contributed by atoms with Gasteiger partial charge in [0.15, 0.2) is 5.82 Å². The van der Waals surface area contributed by atoms with Gasteiger partial charge in [-0.15, -0.1) is 5.10 Å². The Morgan fingerprint density at radius 2 is 1.60 bits per heavy atom. The maximum absolute atomic E-state index is 13.0. The minimum Gasteiger partial charge on any atom is -0.339 e. The Bertz CT molecular complexity index is 865. The molecule has 9 heteroatoms. The third-order valence-corrected chi connectivity index (χ3v) is 3.15. The van der Waals surface area contributed by atoms with E-state index < -0.39 is 17.6 Å². The highest BCUT2D eigenvalue weighted by Crippen LogP contribution is 2.35. The molecule has 1 heterocycles. The second-order valence-corrected chi connectivity index (χ2v) is 4.97. The van der Waals surface area contributed by atoms with Crippen LogP contribution in [0.1, 0.15) is 5.56 Å². The van der Waals surface area contributed by atoms with Gasteiger partial charge in [0.25, 0.3) is 0 Å². The Hall–Kier alpha value is -3.23. The van der Waals surface area contributed by atoms with Gasteiger partial charge in [-0.3, -0.25) is 0 Å². The van der Waals surface area contributed by atoms with Crippen LogP contribution >= 0.6 is 0 Å². The minimum atomic E-state index is -4.51. The van der Waals surface area contributed by atoms with Gasteiger partial charge in [0.2, 0.25) is 5.95 Å². The van der Waals surface area contributed by atoms with Crippen molar-refractivity contribution in [3.63, 3.8) is 0 Å². The first-order valence-corrected chi connectivity index (χ1v) is 7.07. The van der Waals surface area contributed by atoms with Crippen molar-refractivity contribution in [1.82, 2.24) is 15.2 Å². The zero-order valence-corrected chi connectivity index (χ0v) is 12.5. The molecule has 2 N–H and O–H groups in total. The second-order valence-electron chi connectivity index (χ2n) is 4.97. The van der Waals surface area contributed by atoms with E-state index in [0.29, 0.717) is 5.69 Å². The number of para-hydroxylation sites is 1. The first-order valence-electron chi connectivity index (χ1n) is 7.07. The van der Waals surface area contributed by atoms with Crippen LogP contribution in [-0.4, -0.2) is 15.2 Å². The fourth-order valence-corrected chi connectivity index (χ4v) is 2.06. The van der Waals surface area contributed by atoms with Gasteiger partial charge in [-0.25, -0.2) is 4.39 Å². The minimum absolute atomic E-state index is 0.108. The van der Waals surface area contributed by atoms with Crippen molar-refractivity contribution in [3.8, 4) is 0 Å². The molecule has 0 radical (unpaired) electrons. The SMILES string of the molecule is Fc1ccc(Nc2cnnc(Nc3ccccc3C(F)(F)F)n2)cc1. The van der Waals surface area contributed by atoms with Crippen LogP contribution in [-0.2, 0) is 6.18 Å². The highest BCUT2D eigenvalue weighted by Gasteiger charge is 2.33. The molecule has 25 heavy (non-hydrogen) atoms. The summed E-state index contributed by atoms with van der Waals surface area (Å²) in [5, 5.41) is 12.7. The molecule has 0 fully saturated rings. The normalized spacial score (nSPS) is 11.2. The quantitative estimate of drug-likeness (QED) is 0.678. The molecule has 0 bridgehead atoms. The van der Waals surface area contributed by atoms with E-state index in [-0.39, 0.29) is 17.5 Å². The molecule has 0 saturated heterocycles. The molecule has 5 nitrogen and oxygen atoms in total. The van der Waals surface area contributed by atoms with Crippen molar-refractivity contribution in [2.45, 2.75) is 6.18 Å². The van der Waals surface area contributed by atoms with Gasteiger partial charge in [0, 0.05) is 5.69 Å². The number of nitrogens with one attached hydrogen (secondary N) is 2. The molecular weight excluding hydrogens is 338 g/mol. The summed E-state index contributed by atoms with van der Waals surface area (Å²) >= 11 is 0. The largest absolute Gasteiger partial charge is 0.418 e. The number of nitrogens with zero attached hydrogens (tertiary/aromatic N) is 3. The Morgan fingerprint density at radius 1 is 0.880 bits per heavy atom. The maximum Gasteiger partial charge on any atom is 0.418 e. The van der Waals surface area contributed by atoms with Gasteiger partial charge in [0.1, 0.15) is 5.82 Å². The zero-order chi connectivity index (χ0) is 17.9. The number of alkyl halides is 3. The average molecular weight is 349 g/mol. The highest BCUT2D eigenvalue weighted by atomic mass is 19.4. The van der Waals surface area contributed by atoms with Gasteiger partial charge in [-0.1, -0.05) is 12.1 Å². The van der Waals surface area contributed by atoms with Crippen LogP contribution in [0.2, 0.25) is 0 Å². The van der Waals surface area contributed by atoms with E-state index in [9.17, 15) is 17.6 Å². The van der Waals surface area contributed by atoms with E-state index in [1.807, 2.05) is 0 Å². The summed E-state index contributed by atoms with van der Waals surface area (Å²) in [6, 6.07) is 10.5. The van der Waals surface area contributed by atoms with Crippen LogP contribution in [0.15, 0.2) is 54.7 Å². The summed E-state index contributed by atoms with van der Waals surface area (Å²) < 4.78 is 51.9. The van der Waals surface area contributed by atoms with Crippen molar-refractivity contribution in [2.75, 3.05) is 10.6 Å². The maximum atomic E-state index is 13.0. The van der Waals surface area contributed by atoms with Crippen molar-refractivity contribution in [1.29, 1.82) is 0 Å². The van der Waals surface area contributed by atoms with E-state index in [2.05, 4.69) is 25.8 Å². The molecule has 0 spiro atoms. The predicted molar refractivity (Wildman–Crippen MR) is 84.2 cm³/mol. The molecule has 1 aromatic heterocycles. The second kappa shape index (κ2) is 6.71. The number of aromatic nitrogens is 3. The number of rotatable bonds is 4. The number of halogens is 4. The van der Waals surface area contributed by atoms with Crippen LogP contribution in [0, 0.1) is 5.82 Å². The molecule has 0 unspecified atom stereocenters. The summed E-state index contributed by atoms with van der Waals surface area (Å²) in [4.78, 5) is 4.05. The predicted octanol–water partition coefficient (Wildman–Crippen LogP) is 4.52. The van der Waals surface area contributed by atoms with E-state index in [4.69, 9.17) is 0 Å². The van der Waals surface area contributed by atoms with Crippen molar-refractivity contribution in [3.05, 3.63) is 66.1 Å². The number of anilines is 4. The van der Waals surface area contributed by atoms with Crippen LogP contribution in [0.4, 0.5) is 40.7 Å². The lowest BCUT2D eigenvalue weighted by atomic mass is 10.1. The van der Waals surface area contributed by atoms with E-state index >= 15 is 0 Å². The van der Waals surface area contributed by atoms with E-state index in [1.165, 1.54) is 48.7 Å². The van der Waals surface area contributed by atoms with Crippen LogP contribution < -0.4 is 10.6 Å². The van der Waals surface area contributed by atoms with Gasteiger partial charge in [0.05, 0.1) is 17.4 Å². The summed E-state index contributed by atoms with van der Waals surface area (Å²) in [5.41, 5.74) is -0.477. The van der Waals surface area contributed by atoms with Crippen molar-refractivity contribution in [2.24, 2.45) is 0 Å². The van der Waals surface area contributed by atoms with Gasteiger partial charge in [-0.2, -0.15) is 23.3 Å².